The number of carbonyl (C=O) groups excluding carboxylic acids is 1. The average Bonchev–Trinajstić information content (AvgIpc) is 3.17. The van der Waals surface area contributed by atoms with Gasteiger partial charge in [0, 0.05) is 36.6 Å². The molecule has 0 radical (unpaired) electrons. The molecule has 3 N–H and O–H groups in total. The van der Waals surface area contributed by atoms with Crippen molar-refractivity contribution in [3.63, 3.8) is 0 Å². The van der Waals surface area contributed by atoms with E-state index in [2.05, 4.69) is 51.2 Å². The normalized spacial score (nSPS) is 15.5. The Morgan fingerprint density at radius 3 is 2.50 bits per heavy atom. The van der Waals surface area contributed by atoms with Gasteiger partial charge in [0.25, 0.3) is 5.91 Å². The van der Waals surface area contributed by atoms with Gasteiger partial charge in [-0.3, -0.25) is 4.79 Å². The van der Waals surface area contributed by atoms with Crippen LogP contribution in [-0.2, 0) is 13.0 Å². The quantitative estimate of drug-likeness (QED) is 0.605. The van der Waals surface area contributed by atoms with Crippen molar-refractivity contribution in [1.82, 2.24) is 14.8 Å². The average molecular weight is 405 g/mol. The van der Waals surface area contributed by atoms with E-state index in [9.17, 15) is 4.79 Å². The van der Waals surface area contributed by atoms with Gasteiger partial charge in [-0.25, -0.2) is 0 Å². The monoisotopic (exact) mass is 404 g/mol. The third kappa shape index (κ3) is 4.91. The van der Waals surface area contributed by atoms with Crippen LogP contribution in [0.15, 0.2) is 60.7 Å². The Morgan fingerprint density at radius 2 is 1.73 bits per heavy atom. The minimum absolute atomic E-state index is 0.0414. The van der Waals surface area contributed by atoms with Gasteiger partial charge < -0.3 is 20.5 Å². The predicted molar refractivity (Wildman–Crippen MR) is 123 cm³/mol. The van der Waals surface area contributed by atoms with E-state index in [-0.39, 0.29) is 11.9 Å². The van der Waals surface area contributed by atoms with Crippen LogP contribution < -0.4 is 11.1 Å². The van der Waals surface area contributed by atoms with Crippen molar-refractivity contribution >= 4 is 16.8 Å². The topological polar surface area (TPSA) is 63.3 Å². The summed E-state index contributed by atoms with van der Waals surface area (Å²) in [6, 6.07) is 21.0. The first-order chi connectivity index (χ1) is 14.7. The summed E-state index contributed by atoms with van der Waals surface area (Å²) >= 11 is 0. The molecule has 0 saturated carbocycles. The first-order valence-corrected chi connectivity index (χ1v) is 11.1. The molecular formula is C25H32N4O. The summed E-state index contributed by atoms with van der Waals surface area (Å²) in [5.41, 5.74) is 8.79. The second kappa shape index (κ2) is 9.92. The molecule has 1 saturated heterocycles. The second-order valence-corrected chi connectivity index (χ2v) is 8.21. The molecule has 1 fully saturated rings. The number of para-hydroxylation sites is 1. The Balaban J connectivity index is 1.45. The van der Waals surface area contributed by atoms with Crippen LogP contribution in [0, 0.1) is 0 Å². The highest BCUT2D eigenvalue weighted by atomic mass is 16.2. The number of nitrogens with two attached hydrogens (primary N) is 1. The van der Waals surface area contributed by atoms with Crippen LogP contribution in [0.3, 0.4) is 0 Å². The molecule has 5 nitrogen and oxygen atoms in total. The fraction of sp³-hybridized carbons (Fsp3) is 0.400. The number of hydrogen-bond acceptors (Lipinski definition) is 3. The summed E-state index contributed by atoms with van der Waals surface area (Å²) < 4.78 is 2.17. The summed E-state index contributed by atoms with van der Waals surface area (Å²) in [5, 5.41) is 4.42. The molecule has 0 atom stereocenters. The minimum atomic E-state index is 0.0414. The van der Waals surface area contributed by atoms with Crippen molar-refractivity contribution in [3.05, 3.63) is 71.9 Å². The van der Waals surface area contributed by atoms with E-state index in [1.165, 1.54) is 5.56 Å². The van der Waals surface area contributed by atoms with Crippen LogP contribution in [0.5, 0.6) is 0 Å². The summed E-state index contributed by atoms with van der Waals surface area (Å²) in [6.07, 6.45) is 3.94. The number of benzene rings is 2. The van der Waals surface area contributed by atoms with Gasteiger partial charge in [-0.1, -0.05) is 48.5 Å². The van der Waals surface area contributed by atoms with Crippen LogP contribution in [0.25, 0.3) is 10.9 Å². The number of carbonyl (C=O) groups is 1. The molecule has 0 bridgehead atoms. The maximum atomic E-state index is 13.2. The minimum Gasteiger partial charge on any atom is -0.348 e. The lowest BCUT2D eigenvalue weighted by Gasteiger charge is -2.32. The summed E-state index contributed by atoms with van der Waals surface area (Å²) in [6.45, 7) is 4.65. The number of aryl methyl sites for hydroxylation is 2. The summed E-state index contributed by atoms with van der Waals surface area (Å²) in [5.74, 6) is 0.0414. The molecule has 4 rings (SSSR count). The molecule has 5 heteroatoms. The SMILES string of the molecule is NCCCN1CCC(NC(=O)c2cc3ccccc3n2CCc2ccccc2)CC1. The molecule has 3 aromatic rings. The van der Waals surface area contributed by atoms with Crippen LogP contribution in [0.1, 0.15) is 35.3 Å². The van der Waals surface area contributed by atoms with Crippen LogP contribution in [0.4, 0.5) is 0 Å². The molecule has 158 valence electrons. The molecule has 1 aliphatic rings. The van der Waals surface area contributed by atoms with Gasteiger partial charge in [0.2, 0.25) is 0 Å². The van der Waals surface area contributed by atoms with Gasteiger partial charge in [0.05, 0.1) is 0 Å². The zero-order chi connectivity index (χ0) is 20.8. The lowest BCUT2D eigenvalue weighted by atomic mass is 10.0. The Morgan fingerprint density at radius 1 is 1.00 bits per heavy atom. The summed E-state index contributed by atoms with van der Waals surface area (Å²) in [4.78, 5) is 15.7. The molecule has 1 aromatic heterocycles. The lowest BCUT2D eigenvalue weighted by molar-refractivity contribution is 0.0902. The molecule has 1 aliphatic heterocycles. The van der Waals surface area contributed by atoms with Gasteiger partial charge in [-0.2, -0.15) is 0 Å². The van der Waals surface area contributed by atoms with Gasteiger partial charge in [0.1, 0.15) is 5.69 Å². The van der Waals surface area contributed by atoms with E-state index in [0.717, 1.165) is 75.0 Å². The second-order valence-electron chi connectivity index (χ2n) is 8.21. The number of hydrogen-bond donors (Lipinski definition) is 2. The zero-order valence-electron chi connectivity index (χ0n) is 17.6. The number of amides is 1. The first kappa shape index (κ1) is 20.6. The molecule has 0 aliphatic carbocycles. The Kier molecular flexibility index (Phi) is 6.82. The molecule has 2 heterocycles. The standard InChI is InChI=1S/C25H32N4O/c26-14-6-15-28-16-12-22(13-17-28)27-25(30)24-19-21-9-4-5-10-23(21)29(24)18-11-20-7-2-1-3-8-20/h1-5,7-10,19,22H,6,11-18,26H2,(H,27,30). The molecular weight excluding hydrogens is 372 g/mol. The highest BCUT2D eigenvalue weighted by Crippen LogP contribution is 2.21. The van der Waals surface area contributed by atoms with Crippen molar-refractivity contribution in [1.29, 1.82) is 0 Å². The third-order valence-corrected chi connectivity index (χ3v) is 6.11. The third-order valence-electron chi connectivity index (χ3n) is 6.11. The maximum absolute atomic E-state index is 13.2. The van der Waals surface area contributed by atoms with E-state index in [0.29, 0.717) is 0 Å². The number of aromatic nitrogens is 1. The highest BCUT2D eigenvalue weighted by Gasteiger charge is 2.23. The van der Waals surface area contributed by atoms with Crippen molar-refractivity contribution in [2.75, 3.05) is 26.2 Å². The van der Waals surface area contributed by atoms with Gasteiger partial charge in [-0.15, -0.1) is 0 Å². The fourth-order valence-corrected chi connectivity index (χ4v) is 4.40. The zero-order valence-corrected chi connectivity index (χ0v) is 17.6. The van der Waals surface area contributed by atoms with Crippen molar-refractivity contribution in [2.45, 2.75) is 38.3 Å². The molecule has 2 aromatic carbocycles. The van der Waals surface area contributed by atoms with Crippen LogP contribution in [-0.4, -0.2) is 47.6 Å². The summed E-state index contributed by atoms with van der Waals surface area (Å²) in [7, 11) is 0. The number of nitrogens with zero attached hydrogens (tertiary/aromatic N) is 2. The maximum Gasteiger partial charge on any atom is 0.268 e. The Bertz CT molecular complexity index is 958. The van der Waals surface area contributed by atoms with Gasteiger partial charge >= 0.3 is 0 Å². The van der Waals surface area contributed by atoms with Crippen LogP contribution in [0.2, 0.25) is 0 Å². The molecule has 30 heavy (non-hydrogen) atoms. The van der Waals surface area contributed by atoms with E-state index in [1.54, 1.807) is 0 Å². The number of likely N-dealkylation sites (tertiary alicyclic amines) is 1. The van der Waals surface area contributed by atoms with Gasteiger partial charge in [-0.05, 0) is 56.5 Å². The lowest BCUT2D eigenvalue weighted by Crippen LogP contribution is -2.45. The van der Waals surface area contributed by atoms with Crippen LogP contribution >= 0.6 is 0 Å². The largest absolute Gasteiger partial charge is 0.348 e. The Hall–Kier alpha value is -2.63. The smallest absolute Gasteiger partial charge is 0.268 e. The molecule has 1 amide bonds. The highest BCUT2D eigenvalue weighted by molar-refractivity contribution is 5.98. The van der Waals surface area contributed by atoms with E-state index in [1.807, 2.05) is 24.3 Å². The van der Waals surface area contributed by atoms with Gasteiger partial charge in [0.15, 0.2) is 0 Å². The van der Waals surface area contributed by atoms with E-state index in [4.69, 9.17) is 5.73 Å². The number of piperidine rings is 1. The first-order valence-electron chi connectivity index (χ1n) is 11.1. The molecule has 0 spiro atoms. The van der Waals surface area contributed by atoms with Crippen molar-refractivity contribution in [2.24, 2.45) is 5.73 Å². The van der Waals surface area contributed by atoms with E-state index >= 15 is 0 Å². The Labute approximate surface area is 178 Å². The number of rotatable bonds is 8. The fourth-order valence-electron chi connectivity index (χ4n) is 4.40. The van der Waals surface area contributed by atoms with Crippen molar-refractivity contribution < 1.29 is 4.79 Å². The van der Waals surface area contributed by atoms with E-state index < -0.39 is 0 Å². The predicted octanol–water partition coefficient (Wildman–Crippen LogP) is 3.43. The van der Waals surface area contributed by atoms with Crippen molar-refractivity contribution in [3.8, 4) is 0 Å². The number of nitrogens with one attached hydrogen (secondary N) is 1. The molecule has 0 unspecified atom stereocenters. The number of fused-ring (bicyclic) bond motifs is 1.